The fourth-order valence-electron chi connectivity index (χ4n) is 0.144. The fraction of sp³-hybridized carbons (Fsp3) is 0.750. The molecule has 0 saturated carbocycles. The zero-order valence-corrected chi connectivity index (χ0v) is 3.58. The van der Waals surface area contributed by atoms with E-state index in [9.17, 15) is 0 Å². The largest absolute Gasteiger partial charge is 0.304 e. The van der Waals surface area contributed by atoms with Crippen LogP contribution in [0.25, 0.3) is 0 Å². The summed E-state index contributed by atoms with van der Waals surface area (Å²) < 4.78 is 0. The van der Waals surface area contributed by atoms with Gasteiger partial charge in [-0.05, 0) is 13.8 Å². The molecule has 0 aromatic heterocycles. The normalized spacial score (nSPS) is 30.0. The zero-order chi connectivity index (χ0) is 3.91. The molecule has 1 aliphatic rings. The molecule has 0 amide bonds. The van der Waals surface area contributed by atoms with E-state index >= 15 is 0 Å². The molecule has 1 saturated heterocycles. The van der Waals surface area contributed by atoms with Crippen LogP contribution >= 0.6 is 0 Å². The molecule has 0 unspecified atom stereocenters. The molecule has 0 bridgehead atoms. The second-order valence-electron chi connectivity index (χ2n) is 2.01. The highest BCUT2D eigenvalue weighted by atomic mass is 15.1. The van der Waals surface area contributed by atoms with Gasteiger partial charge in [0.05, 0.1) is 0 Å². The number of rotatable bonds is 0. The Kier molecular flexibility index (Phi) is 0.346. The average molecular weight is 70.1 g/mol. The van der Waals surface area contributed by atoms with E-state index in [0.29, 0.717) is 5.54 Å². The van der Waals surface area contributed by atoms with E-state index in [0.717, 1.165) is 0 Å². The molecule has 1 heterocycles. The molecule has 1 fully saturated rings. The molecule has 1 radical (unpaired) electrons. The summed E-state index contributed by atoms with van der Waals surface area (Å²) in [5.41, 5.74) is 0.375. The molecule has 0 aromatic carbocycles. The van der Waals surface area contributed by atoms with Crippen LogP contribution in [0.2, 0.25) is 0 Å². The van der Waals surface area contributed by atoms with Crippen molar-refractivity contribution in [1.29, 1.82) is 0 Å². The maximum absolute atomic E-state index is 3.05. The van der Waals surface area contributed by atoms with Crippen molar-refractivity contribution in [3.63, 3.8) is 0 Å². The highest BCUT2D eigenvalue weighted by molar-refractivity contribution is 5.07. The summed E-state index contributed by atoms with van der Waals surface area (Å²) in [4.78, 5) is 0. The number of hydrogen-bond donors (Lipinski definition) is 1. The molecule has 0 spiro atoms. The molecule has 0 aromatic rings. The highest BCUT2D eigenvalue weighted by Gasteiger charge is 2.30. The number of nitrogens with one attached hydrogen (secondary N) is 1. The van der Waals surface area contributed by atoms with Crippen molar-refractivity contribution in [3.8, 4) is 0 Å². The van der Waals surface area contributed by atoms with Crippen LogP contribution in [0.1, 0.15) is 13.8 Å². The van der Waals surface area contributed by atoms with E-state index in [1.54, 1.807) is 0 Å². The first kappa shape index (κ1) is 3.16. The summed E-state index contributed by atoms with van der Waals surface area (Å²) in [6.07, 6.45) is 0. The average Bonchev–Trinajstić information content (AvgIpc) is 1.76. The lowest BCUT2D eigenvalue weighted by Crippen LogP contribution is -1.97. The second-order valence-corrected chi connectivity index (χ2v) is 2.01. The van der Waals surface area contributed by atoms with Gasteiger partial charge in [-0.25, -0.2) is 0 Å². The molecule has 0 atom stereocenters. The Labute approximate surface area is 32.4 Å². The van der Waals surface area contributed by atoms with E-state index in [-0.39, 0.29) is 0 Å². The lowest BCUT2D eigenvalue weighted by molar-refractivity contribution is 0.794. The Morgan fingerprint density at radius 1 is 1.60 bits per heavy atom. The van der Waals surface area contributed by atoms with E-state index in [1.807, 2.05) is 0 Å². The van der Waals surface area contributed by atoms with E-state index in [4.69, 9.17) is 0 Å². The summed E-state index contributed by atoms with van der Waals surface area (Å²) in [6.45, 7) is 6.33. The van der Waals surface area contributed by atoms with Gasteiger partial charge in [-0.1, -0.05) is 0 Å². The lowest BCUT2D eigenvalue weighted by atomic mass is 10.3. The molecule has 5 heavy (non-hydrogen) atoms. The van der Waals surface area contributed by atoms with E-state index < -0.39 is 0 Å². The molecular weight excluding hydrogens is 62.1 g/mol. The Hall–Kier alpha value is -0.0400. The van der Waals surface area contributed by atoms with Gasteiger partial charge in [-0.15, -0.1) is 0 Å². The molecule has 1 rings (SSSR count). The minimum Gasteiger partial charge on any atom is -0.304 e. The predicted molar refractivity (Wildman–Crippen MR) is 21.5 cm³/mol. The van der Waals surface area contributed by atoms with Crippen LogP contribution in [0.15, 0.2) is 0 Å². The van der Waals surface area contributed by atoms with Gasteiger partial charge >= 0.3 is 0 Å². The zero-order valence-electron chi connectivity index (χ0n) is 3.58. The topological polar surface area (TPSA) is 21.9 Å². The molecule has 0 aliphatic carbocycles. The van der Waals surface area contributed by atoms with Gasteiger partial charge in [0.15, 0.2) is 0 Å². The minimum atomic E-state index is 0.375. The standard InChI is InChI=1S/C4H8N/c1-4(2)3-5-4/h3,5H,1-2H3. The first-order valence-corrected chi connectivity index (χ1v) is 1.83. The third-order valence-electron chi connectivity index (χ3n) is 0.722. The van der Waals surface area contributed by atoms with Crippen molar-refractivity contribution in [2.24, 2.45) is 0 Å². The minimum absolute atomic E-state index is 0.375. The third kappa shape index (κ3) is 0.618. The van der Waals surface area contributed by atoms with Gasteiger partial charge in [-0.2, -0.15) is 0 Å². The lowest BCUT2D eigenvalue weighted by Gasteiger charge is -1.84. The first-order chi connectivity index (χ1) is 2.21. The van der Waals surface area contributed by atoms with Crippen LogP contribution in [0.4, 0.5) is 0 Å². The Morgan fingerprint density at radius 3 is 1.80 bits per heavy atom. The van der Waals surface area contributed by atoms with Crippen molar-refractivity contribution >= 4 is 0 Å². The van der Waals surface area contributed by atoms with Crippen molar-refractivity contribution in [2.45, 2.75) is 19.4 Å². The summed E-state index contributed by atoms with van der Waals surface area (Å²) in [5, 5.41) is 3.05. The highest BCUT2D eigenvalue weighted by Crippen LogP contribution is 2.17. The Bertz CT molecular complexity index is 41.6. The van der Waals surface area contributed by atoms with Crippen molar-refractivity contribution in [3.05, 3.63) is 6.54 Å². The van der Waals surface area contributed by atoms with Gasteiger partial charge in [0, 0.05) is 12.1 Å². The Balaban J connectivity index is 2.38. The van der Waals surface area contributed by atoms with Gasteiger partial charge in [0.2, 0.25) is 0 Å². The molecule has 29 valence electrons. The molecule has 1 aliphatic heterocycles. The predicted octanol–water partition coefficient (Wildman–Crippen LogP) is 0.530. The van der Waals surface area contributed by atoms with Crippen LogP contribution in [-0.4, -0.2) is 5.54 Å². The van der Waals surface area contributed by atoms with Crippen LogP contribution in [0.5, 0.6) is 0 Å². The summed E-state index contributed by atoms with van der Waals surface area (Å²) in [7, 11) is 0. The maximum Gasteiger partial charge on any atom is 0.0422 e. The van der Waals surface area contributed by atoms with Crippen molar-refractivity contribution in [1.82, 2.24) is 5.32 Å². The smallest absolute Gasteiger partial charge is 0.0422 e. The van der Waals surface area contributed by atoms with Crippen LogP contribution in [-0.2, 0) is 0 Å². The summed E-state index contributed by atoms with van der Waals surface area (Å²) in [6, 6.07) is 0. The third-order valence-corrected chi connectivity index (χ3v) is 0.722. The van der Waals surface area contributed by atoms with Gasteiger partial charge in [-0.3, -0.25) is 0 Å². The molecule has 1 heteroatoms. The number of hydrogen-bond acceptors (Lipinski definition) is 1. The molecular formula is C4H8N. The fourth-order valence-corrected chi connectivity index (χ4v) is 0.144. The quantitative estimate of drug-likeness (QED) is 0.412. The first-order valence-electron chi connectivity index (χ1n) is 1.83. The molecule has 1 nitrogen and oxygen atoms in total. The Morgan fingerprint density at radius 2 is 1.80 bits per heavy atom. The SMILES string of the molecule is CC1(C)[CH]N1. The summed E-state index contributed by atoms with van der Waals surface area (Å²) in [5.74, 6) is 0. The van der Waals surface area contributed by atoms with Gasteiger partial charge in [0.25, 0.3) is 0 Å². The van der Waals surface area contributed by atoms with Gasteiger partial charge in [0.1, 0.15) is 0 Å². The second kappa shape index (κ2) is 0.548. The van der Waals surface area contributed by atoms with Crippen molar-refractivity contribution in [2.75, 3.05) is 0 Å². The summed E-state index contributed by atoms with van der Waals surface area (Å²) >= 11 is 0. The maximum atomic E-state index is 3.05. The van der Waals surface area contributed by atoms with E-state index in [2.05, 4.69) is 25.7 Å². The van der Waals surface area contributed by atoms with Gasteiger partial charge < -0.3 is 5.32 Å². The van der Waals surface area contributed by atoms with E-state index in [1.165, 1.54) is 0 Å². The van der Waals surface area contributed by atoms with Crippen LogP contribution in [0, 0.1) is 6.54 Å². The monoisotopic (exact) mass is 70.1 g/mol. The van der Waals surface area contributed by atoms with Crippen molar-refractivity contribution < 1.29 is 0 Å². The van der Waals surface area contributed by atoms with Crippen LogP contribution < -0.4 is 5.32 Å². The molecule has 1 N–H and O–H groups in total. The van der Waals surface area contributed by atoms with Crippen LogP contribution in [0.3, 0.4) is 0 Å².